The monoisotopic (exact) mass is 410 g/mol. The molecule has 0 saturated carbocycles. The molecule has 1 N–H and O–H groups in total. The first-order chi connectivity index (χ1) is 13.7. The second-order valence-corrected chi connectivity index (χ2v) is 7.86. The molecule has 0 saturated heterocycles. The largest absolute Gasteiger partial charge is 0.449 e. The van der Waals surface area contributed by atoms with Gasteiger partial charge in [-0.15, -0.1) is 11.3 Å². The van der Waals surface area contributed by atoms with Crippen molar-refractivity contribution < 1.29 is 19.1 Å². The maximum atomic E-state index is 12.7. The zero-order valence-corrected chi connectivity index (χ0v) is 17.8. The van der Waals surface area contributed by atoms with E-state index in [2.05, 4.69) is 9.97 Å². The molecule has 0 fully saturated rings. The Morgan fingerprint density at radius 1 is 1.10 bits per heavy atom. The summed E-state index contributed by atoms with van der Waals surface area (Å²) in [6.07, 6.45) is -1.01. The van der Waals surface area contributed by atoms with Crippen molar-refractivity contribution in [1.82, 2.24) is 9.97 Å². The lowest BCUT2D eigenvalue weighted by molar-refractivity contribution is 0.0312. The molecule has 29 heavy (non-hydrogen) atoms. The predicted molar refractivity (Wildman–Crippen MR) is 112 cm³/mol. The van der Waals surface area contributed by atoms with Crippen LogP contribution in [0.15, 0.2) is 29.6 Å². The number of aromatic amines is 1. The number of benzene rings is 1. The van der Waals surface area contributed by atoms with Gasteiger partial charge in [0.05, 0.1) is 5.69 Å². The third kappa shape index (κ3) is 4.19. The maximum absolute atomic E-state index is 12.7. The molecule has 150 valence electrons. The molecule has 0 spiro atoms. The smallest absolute Gasteiger partial charge is 0.358 e. The SMILES string of the molecule is CC(=O)c1c(C)[nH]c(C(=O)C(C)OC(=O)c2csc(-c3ccc(C)cc3)n2)c1C. The highest BCUT2D eigenvalue weighted by Crippen LogP contribution is 2.25. The minimum Gasteiger partial charge on any atom is -0.449 e. The van der Waals surface area contributed by atoms with Gasteiger partial charge in [0.25, 0.3) is 0 Å². The van der Waals surface area contributed by atoms with Crippen LogP contribution in [-0.2, 0) is 4.74 Å². The average molecular weight is 410 g/mol. The molecule has 0 aliphatic rings. The molecule has 0 aliphatic heterocycles. The third-order valence-electron chi connectivity index (χ3n) is 4.70. The topological polar surface area (TPSA) is 89.1 Å². The van der Waals surface area contributed by atoms with Gasteiger partial charge < -0.3 is 9.72 Å². The number of hydrogen-bond acceptors (Lipinski definition) is 6. The highest BCUT2D eigenvalue weighted by atomic mass is 32.1. The number of ketones is 2. The Hall–Kier alpha value is -3.06. The number of ether oxygens (including phenoxy) is 1. The summed E-state index contributed by atoms with van der Waals surface area (Å²) in [5.41, 5.74) is 4.19. The minimum absolute atomic E-state index is 0.119. The number of esters is 1. The standard InChI is InChI=1S/C22H22N2O4S/c1-11-6-8-16(9-7-11)21-24-17(10-29-21)22(27)28-15(5)20(26)19-12(2)18(14(4)25)13(3)23-19/h6-10,15,23H,1-5H3. The van der Waals surface area contributed by atoms with Crippen LogP contribution in [0.25, 0.3) is 10.6 Å². The van der Waals surface area contributed by atoms with Crippen LogP contribution < -0.4 is 0 Å². The number of carbonyl (C=O) groups is 3. The Kier molecular flexibility index (Phi) is 5.79. The Morgan fingerprint density at radius 3 is 2.34 bits per heavy atom. The van der Waals surface area contributed by atoms with E-state index in [-0.39, 0.29) is 23.0 Å². The summed E-state index contributed by atoms with van der Waals surface area (Å²) in [5.74, 6) is -1.17. The van der Waals surface area contributed by atoms with Gasteiger partial charge in [-0.2, -0.15) is 0 Å². The summed E-state index contributed by atoms with van der Waals surface area (Å²) < 4.78 is 5.34. The fraction of sp³-hybridized carbons (Fsp3) is 0.273. The number of Topliss-reactive ketones (excluding diaryl/α,β-unsaturated/α-hetero) is 2. The van der Waals surface area contributed by atoms with Gasteiger partial charge >= 0.3 is 5.97 Å². The molecule has 0 bridgehead atoms. The molecule has 3 rings (SSSR count). The fourth-order valence-electron chi connectivity index (χ4n) is 3.20. The van der Waals surface area contributed by atoms with E-state index in [1.165, 1.54) is 25.2 Å². The number of thiazole rings is 1. The lowest BCUT2D eigenvalue weighted by atomic mass is 10.0. The third-order valence-corrected chi connectivity index (χ3v) is 5.59. The molecule has 1 atom stereocenters. The van der Waals surface area contributed by atoms with E-state index in [1.807, 2.05) is 31.2 Å². The van der Waals surface area contributed by atoms with Crippen molar-refractivity contribution in [2.75, 3.05) is 0 Å². The summed E-state index contributed by atoms with van der Waals surface area (Å²) in [7, 11) is 0. The second-order valence-electron chi connectivity index (χ2n) is 7.00. The number of aromatic nitrogens is 2. The first-order valence-electron chi connectivity index (χ1n) is 9.17. The van der Waals surface area contributed by atoms with Crippen LogP contribution >= 0.6 is 11.3 Å². The first-order valence-corrected chi connectivity index (χ1v) is 10.0. The number of nitrogens with zero attached hydrogens (tertiary/aromatic N) is 1. The van der Waals surface area contributed by atoms with E-state index < -0.39 is 12.1 Å². The van der Waals surface area contributed by atoms with Crippen molar-refractivity contribution in [3.8, 4) is 10.6 Å². The molecule has 3 aromatic rings. The van der Waals surface area contributed by atoms with Gasteiger partial charge in [0, 0.05) is 22.2 Å². The summed E-state index contributed by atoms with van der Waals surface area (Å²) in [6.45, 7) is 8.40. The molecule has 1 aromatic carbocycles. The van der Waals surface area contributed by atoms with Gasteiger partial charge in [0.15, 0.2) is 17.6 Å². The first kappa shape index (κ1) is 20.7. The number of H-pyrrole nitrogens is 1. The summed E-state index contributed by atoms with van der Waals surface area (Å²) in [4.78, 5) is 44.2. The molecule has 1 unspecified atom stereocenters. The van der Waals surface area contributed by atoms with Gasteiger partial charge in [-0.05, 0) is 40.2 Å². The zero-order chi connectivity index (χ0) is 21.3. The maximum Gasteiger partial charge on any atom is 0.358 e. The van der Waals surface area contributed by atoms with Crippen LogP contribution in [0.1, 0.15) is 62.0 Å². The normalized spacial score (nSPS) is 11.9. The second kappa shape index (κ2) is 8.13. The molecule has 6 nitrogen and oxygen atoms in total. The molecule has 0 amide bonds. The van der Waals surface area contributed by atoms with E-state index in [0.717, 1.165) is 11.1 Å². The van der Waals surface area contributed by atoms with Crippen LogP contribution in [0, 0.1) is 20.8 Å². The summed E-state index contributed by atoms with van der Waals surface area (Å²) in [6, 6.07) is 7.84. The van der Waals surface area contributed by atoms with Crippen LogP contribution in [0.5, 0.6) is 0 Å². The van der Waals surface area contributed by atoms with Crippen LogP contribution in [0.2, 0.25) is 0 Å². The van der Waals surface area contributed by atoms with E-state index in [4.69, 9.17) is 4.74 Å². The Bertz CT molecular complexity index is 1090. The van der Waals surface area contributed by atoms with E-state index in [1.54, 1.807) is 19.2 Å². The van der Waals surface area contributed by atoms with Crippen LogP contribution in [-0.4, -0.2) is 33.6 Å². The van der Waals surface area contributed by atoms with Crippen LogP contribution in [0.4, 0.5) is 0 Å². The molecule has 2 heterocycles. The minimum atomic E-state index is -1.01. The Morgan fingerprint density at radius 2 is 1.76 bits per heavy atom. The van der Waals surface area contributed by atoms with Gasteiger partial charge in [-0.1, -0.05) is 29.8 Å². The van der Waals surface area contributed by atoms with Crippen molar-refractivity contribution in [1.29, 1.82) is 0 Å². The lowest BCUT2D eigenvalue weighted by Gasteiger charge is -2.11. The van der Waals surface area contributed by atoms with Crippen molar-refractivity contribution in [2.45, 2.75) is 40.7 Å². The van der Waals surface area contributed by atoms with Gasteiger partial charge in [0.1, 0.15) is 5.01 Å². The number of aryl methyl sites for hydroxylation is 2. The van der Waals surface area contributed by atoms with Crippen molar-refractivity contribution in [3.05, 3.63) is 63.4 Å². The predicted octanol–water partition coefficient (Wildman–Crippen LogP) is 4.69. The summed E-state index contributed by atoms with van der Waals surface area (Å²) >= 11 is 1.34. The van der Waals surface area contributed by atoms with Gasteiger partial charge in [-0.25, -0.2) is 9.78 Å². The van der Waals surface area contributed by atoms with Crippen molar-refractivity contribution in [2.24, 2.45) is 0 Å². The fourth-order valence-corrected chi connectivity index (χ4v) is 3.99. The summed E-state index contributed by atoms with van der Waals surface area (Å²) in [5, 5.41) is 2.32. The van der Waals surface area contributed by atoms with Crippen LogP contribution in [0.3, 0.4) is 0 Å². The highest BCUT2D eigenvalue weighted by molar-refractivity contribution is 7.13. The van der Waals surface area contributed by atoms with Crippen molar-refractivity contribution >= 4 is 28.9 Å². The molecular formula is C22H22N2O4S. The van der Waals surface area contributed by atoms with Gasteiger partial charge in [-0.3, -0.25) is 9.59 Å². The molecule has 0 aliphatic carbocycles. The van der Waals surface area contributed by atoms with E-state index in [9.17, 15) is 14.4 Å². The van der Waals surface area contributed by atoms with Gasteiger partial charge in [0.2, 0.25) is 5.78 Å². The number of nitrogens with one attached hydrogen (secondary N) is 1. The quantitative estimate of drug-likeness (QED) is 0.470. The van der Waals surface area contributed by atoms with E-state index in [0.29, 0.717) is 21.8 Å². The van der Waals surface area contributed by atoms with E-state index >= 15 is 0 Å². The zero-order valence-electron chi connectivity index (χ0n) is 17.0. The molecule has 2 aromatic heterocycles. The Labute approximate surface area is 172 Å². The number of carbonyl (C=O) groups excluding carboxylic acids is 3. The molecular weight excluding hydrogens is 388 g/mol. The molecule has 0 radical (unpaired) electrons. The average Bonchev–Trinajstić information content (AvgIpc) is 3.26. The van der Waals surface area contributed by atoms with Crippen molar-refractivity contribution in [3.63, 3.8) is 0 Å². The number of hydrogen-bond donors (Lipinski definition) is 1. The highest BCUT2D eigenvalue weighted by Gasteiger charge is 2.27. The Balaban J connectivity index is 1.74. The lowest BCUT2D eigenvalue weighted by Crippen LogP contribution is -2.25. The number of rotatable bonds is 6. The molecule has 7 heteroatoms.